The first-order chi connectivity index (χ1) is 6.06. The molecule has 0 spiro atoms. The molecule has 1 aromatic rings. The Bertz CT molecular complexity index is 379. The van der Waals surface area contributed by atoms with Crippen molar-refractivity contribution in [2.45, 2.75) is 13.8 Å². The average Bonchev–Trinajstić information content (AvgIpc) is 2.02. The number of rotatable bonds is 1. The highest BCUT2D eigenvalue weighted by Crippen LogP contribution is 2.21. The molecule has 66 valence electrons. The Morgan fingerprint density at radius 1 is 1.38 bits per heavy atom. The fraction of sp³-hybridized carbons (Fsp3) is 0.200. The predicted octanol–water partition coefficient (Wildman–Crippen LogP) is 2.55. The summed E-state index contributed by atoms with van der Waals surface area (Å²) in [6.07, 6.45) is 0. The number of benzene rings is 1. The van der Waals surface area contributed by atoms with Crippen molar-refractivity contribution in [1.29, 1.82) is 0 Å². The molecule has 0 atom stereocenters. The molecule has 0 aliphatic carbocycles. The molecule has 0 heterocycles. The Morgan fingerprint density at radius 2 is 1.85 bits per heavy atom. The zero-order valence-corrected chi connectivity index (χ0v) is 7.46. The molecule has 1 aromatic carbocycles. The van der Waals surface area contributed by atoms with Gasteiger partial charge in [-0.05, 0) is 25.0 Å². The molecule has 0 radical (unpaired) electrons. The minimum atomic E-state index is -0.938. The van der Waals surface area contributed by atoms with Crippen LogP contribution >= 0.6 is 0 Å². The maximum Gasteiger partial charge on any atom is 0.336 e. The van der Waals surface area contributed by atoms with Gasteiger partial charge >= 0.3 is 5.97 Å². The van der Waals surface area contributed by atoms with E-state index < -0.39 is 5.97 Å². The lowest BCUT2D eigenvalue weighted by Gasteiger charge is -2.04. The normalized spacial score (nSPS) is 9.31. The van der Waals surface area contributed by atoms with E-state index in [1.165, 1.54) is 0 Å². The highest BCUT2D eigenvalue weighted by Gasteiger charge is 2.10. The SMILES string of the molecule is [C-]#[N+]c1cc(C)c(C(=O)O)c(C)c1. The first kappa shape index (κ1) is 9.27. The predicted molar refractivity (Wildman–Crippen MR) is 49.1 cm³/mol. The van der Waals surface area contributed by atoms with Crippen LogP contribution in [0.3, 0.4) is 0 Å². The number of carboxylic acids is 1. The number of aromatic carboxylic acids is 1. The summed E-state index contributed by atoms with van der Waals surface area (Å²) in [7, 11) is 0. The van der Waals surface area contributed by atoms with Gasteiger partial charge in [-0.3, -0.25) is 0 Å². The van der Waals surface area contributed by atoms with E-state index in [0.717, 1.165) is 0 Å². The zero-order chi connectivity index (χ0) is 10.0. The van der Waals surface area contributed by atoms with E-state index in [2.05, 4.69) is 4.85 Å². The number of nitrogens with zero attached hydrogens (tertiary/aromatic N) is 1. The van der Waals surface area contributed by atoms with Gasteiger partial charge in [0.25, 0.3) is 0 Å². The second-order valence-electron chi connectivity index (χ2n) is 2.87. The monoisotopic (exact) mass is 175 g/mol. The maximum absolute atomic E-state index is 10.8. The first-order valence-corrected chi connectivity index (χ1v) is 3.78. The third-order valence-electron chi connectivity index (χ3n) is 1.86. The molecule has 3 nitrogen and oxygen atoms in total. The number of carbonyl (C=O) groups is 1. The Kier molecular flexibility index (Phi) is 2.34. The summed E-state index contributed by atoms with van der Waals surface area (Å²) < 4.78 is 0. The van der Waals surface area contributed by atoms with E-state index in [1.54, 1.807) is 26.0 Å². The molecule has 0 bridgehead atoms. The van der Waals surface area contributed by atoms with Gasteiger partial charge in [0.05, 0.1) is 12.1 Å². The summed E-state index contributed by atoms with van der Waals surface area (Å²) in [5.74, 6) is -0.938. The molecule has 0 unspecified atom stereocenters. The van der Waals surface area contributed by atoms with Crippen LogP contribution < -0.4 is 0 Å². The Labute approximate surface area is 76.4 Å². The van der Waals surface area contributed by atoms with Crippen molar-refractivity contribution < 1.29 is 9.90 Å². The molecular formula is C10H9NO2. The fourth-order valence-electron chi connectivity index (χ4n) is 1.34. The molecule has 1 rings (SSSR count). The third-order valence-corrected chi connectivity index (χ3v) is 1.86. The van der Waals surface area contributed by atoms with E-state index in [4.69, 9.17) is 11.7 Å². The van der Waals surface area contributed by atoms with E-state index in [9.17, 15) is 4.79 Å². The number of carboxylic acid groups (broad SMARTS) is 1. The van der Waals surface area contributed by atoms with Crippen LogP contribution in [0.1, 0.15) is 21.5 Å². The van der Waals surface area contributed by atoms with Crippen LogP contribution in [0.5, 0.6) is 0 Å². The second-order valence-corrected chi connectivity index (χ2v) is 2.87. The summed E-state index contributed by atoms with van der Waals surface area (Å²) >= 11 is 0. The van der Waals surface area contributed by atoms with Gasteiger partial charge in [0, 0.05) is 0 Å². The molecule has 0 aliphatic rings. The van der Waals surface area contributed by atoms with Crippen LogP contribution in [0, 0.1) is 20.4 Å². The molecule has 0 amide bonds. The minimum Gasteiger partial charge on any atom is -0.478 e. The quantitative estimate of drug-likeness (QED) is 0.666. The summed E-state index contributed by atoms with van der Waals surface area (Å²) in [6.45, 7) is 10.2. The van der Waals surface area contributed by atoms with Crippen molar-refractivity contribution >= 4 is 11.7 Å². The van der Waals surface area contributed by atoms with Gasteiger partial charge in [-0.15, -0.1) is 0 Å². The van der Waals surface area contributed by atoms with Crippen molar-refractivity contribution in [3.8, 4) is 0 Å². The van der Waals surface area contributed by atoms with Gasteiger partial charge in [0.15, 0.2) is 5.69 Å². The van der Waals surface area contributed by atoms with Crippen LogP contribution in [0.2, 0.25) is 0 Å². The summed E-state index contributed by atoms with van der Waals surface area (Å²) in [5.41, 5.74) is 2.06. The van der Waals surface area contributed by atoms with Crippen LogP contribution in [-0.2, 0) is 0 Å². The summed E-state index contributed by atoms with van der Waals surface area (Å²) in [5, 5.41) is 8.83. The molecule has 0 fully saturated rings. The van der Waals surface area contributed by atoms with Gasteiger partial charge in [-0.1, -0.05) is 12.1 Å². The lowest BCUT2D eigenvalue weighted by atomic mass is 10.0. The number of hydrogen-bond donors (Lipinski definition) is 1. The molecule has 0 aliphatic heterocycles. The van der Waals surface area contributed by atoms with Crippen LogP contribution in [0.15, 0.2) is 12.1 Å². The molecule has 3 heteroatoms. The summed E-state index contributed by atoms with van der Waals surface area (Å²) in [4.78, 5) is 14.0. The van der Waals surface area contributed by atoms with E-state index in [0.29, 0.717) is 22.4 Å². The Morgan fingerprint density at radius 3 is 2.15 bits per heavy atom. The molecule has 0 saturated carbocycles. The Hall–Kier alpha value is -1.82. The molecule has 0 aromatic heterocycles. The van der Waals surface area contributed by atoms with E-state index >= 15 is 0 Å². The van der Waals surface area contributed by atoms with Crippen molar-refractivity contribution in [3.05, 3.63) is 40.2 Å². The molecule has 0 saturated heterocycles. The van der Waals surface area contributed by atoms with Crippen molar-refractivity contribution in [1.82, 2.24) is 0 Å². The van der Waals surface area contributed by atoms with Gasteiger partial charge < -0.3 is 5.11 Å². The van der Waals surface area contributed by atoms with E-state index in [1.807, 2.05) is 0 Å². The third kappa shape index (κ3) is 1.67. The zero-order valence-electron chi connectivity index (χ0n) is 7.46. The smallest absolute Gasteiger partial charge is 0.336 e. The molecule has 1 N–H and O–H groups in total. The highest BCUT2D eigenvalue weighted by atomic mass is 16.4. The van der Waals surface area contributed by atoms with Crippen LogP contribution in [-0.4, -0.2) is 11.1 Å². The van der Waals surface area contributed by atoms with Crippen molar-refractivity contribution in [2.24, 2.45) is 0 Å². The van der Waals surface area contributed by atoms with E-state index in [-0.39, 0.29) is 0 Å². The largest absolute Gasteiger partial charge is 0.478 e. The summed E-state index contributed by atoms with van der Waals surface area (Å²) in [6, 6.07) is 3.17. The number of hydrogen-bond acceptors (Lipinski definition) is 1. The fourth-order valence-corrected chi connectivity index (χ4v) is 1.34. The minimum absolute atomic E-state index is 0.299. The topological polar surface area (TPSA) is 41.7 Å². The molecule has 13 heavy (non-hydrogen) atoms. The second kappa shape index (κ2) is 3.28. The van der Waals surface area contributed by atoms with Crippen molar-refractivity contribution in [2.75, 3.05) is 0 Å². The standard InChI is InChI=1S/C10H9NO2/c1-6-4-8(11-3)5-7(2)9(6)10(12)13/h4-5H,1-2H3,(H,12,13). The highest BCUT2D eigenvalue weighted by molar-refractivity contribution is 5.91. The van der Waals surface area contributed by atoms with Crippen LogP contribution in [0.4, 0.5) is 5.69 Å². The lowest BCUT2D eigenvalue weighted by molar-refractivity contribution is 0.0695. The first-order valence-electron chi connectivity index (χ1n) is 3.78. The van der Waals surface area contributed by atoms with Gasteiger partial charge in [-0.25, -0.2) is 9.64 Å². The number of aryl methyl sites for hydroxylation is 2. The molecular weight excluding hydrogens is 166 g/mol. The van der Waals surface area contributed by atoms with Crippen molar-refractivity contribution in [3.63, 3.8) is 0 Å². The lowest BCUT2D eigenvalue weighted by Crippen LogP contribution is -2.02. The van der Waals surface area contributed by atoms with Crippen LogP contribution in [0.25, 0.3) is 4.85 Å². The van der Waals surface area contributed by atoms with Gasteiger partial charge in [0.1, 0.15) is 0 Å². The van der Waals surface area contributed by atoms with Gasteiger partial charge in [0.2, 0.25) is 0 Å². The Balaban J connectivity index is 3.42. The average molecular weight is 175 g/mol. The maximum atomic E-state index is 10.8. The van der Waals surface area contributed by atoms with Gasteiger partial charge in [-0.2, -0.15) is 0 Å².